The number of rotatable bonds is 5. The van der Waals surface area contributed by atoms with Crippen molar-refractivity contribution in [3.05, 3.63) is 83.9 Å². The van der Waals surface area contributed by atoms with Crippen LogP contribution in [0.25, 0.3) is 28.2 Å². The average molecular weight is 584 g/mol. The number of fused-ring (bicyclic) bond motifs is 2. The fourth-order valence-electron chi connectivity index (χ4n) is 5.71. The molecule has 0 atom stereocenters. The van der Waals surface area contributed by atoms with Crippen molar-refractivity contribution in [1.29, 1.82) is 0 Å². The summed E-state index contributed by atoms with van der Waals surface area (Å²) in [6, 6.07) is 12.2. The molecule has 13 heteroatoms. The van der Waals surface area contributed by atoms with Gasteiger partial charge in [0.15, 0.2) is 11.5 Å². The van der Waals surface area contributed by atoms with E-state index in [1.807, 2.05) is 4.68 Å². The number of anilines is 1. The van der Waals surface area contributed by atoms with E-state index in [0.29, 0.717) is 42.2 Å². The van der Waals surface area contributed by atoms with Crippen molar-refractivity contribution in [3.63, 3.8) is 0 Å². The lowest BCUT2D eigenvalue weighted by molar-refractivity contribution is 0.102. The van der Waals surface area contributed by atoms with Crippen molar-refractivity contribution in [1.82, 2.24) is 39.6 Å². The minimum absolute atomic E-state index is 0.0962. The Labute approximate surface area is 244 Å². The summed E-state index contributed by atoms with van der Waals surface area (Å²) < 4.78 is 30.7. The molecule has 5 heterocycles. The summed E-state index contributed by atoms with van der Waals surface area (Å²) in [5, 5.41) is 15.5. The number of nitrogens with one attached hydrogen (secondary N) is 2. The van der Waals surface area contributed by atoms with Gasteiger partial charge in [-0.2, -0.15) is 14.6 Å². The number of hydrogen-bond donors (Lipinski definition) is 2. The smallest absolute Gasteiger partial charge is 0.318 e. The molecule has 43 heavy (non-hydrogen) atoms. The predicted octanol–water partition coefficient (Wildman–Crippen LogP) is 4.65. The molecule has 2 N–H and O–H groups in total. The van der Waals surface area contributed by atoms with Gasteiger partial charge in [0.2, 0.25) is 5.95 Å². The van der Waals surface area contributed by atoms with Gasteiger partial charge in [0.25, 0.3) is 5.91 Å². The van der Waals surface area contributed by atoms with Crippen LogP contribution >= 0.6 is 0 Å². The van der Waals surface area contributed by atoms with Crippen molar-refractivity contribution in [3.8, 4) is 22.5 Å². The first-order valence-electron chi connectivity index (χ1n) is 14.1. The number of imidazole rings is 1. The molecule has 1 aliphatic carbocycles. The number of halogens is 2. The maximum Gasteiger partial charge on any atom is 0.318 e. The highest BCUT2D eigenvalue weighted by molar-refractivity contribution is 6.03. The summed E-state index contributed by atoms with van der Waals surface area (Å²) in [6.45, 7) is 1.34. The average Bonchev–Trinajstić information content (AvgIpc) is 3.75. The SMILES string of the molecule is O=C(Nc1cn2nc(-c3c(-c4ccc(F)cc4)nn4c3CN(C(=O)NC3CCCC3)CC4)ccc2n1)c1ccnc(F)c1. The Hall–Kier alpha value is -5.20. The lowest BCUT2D eigenvalue weighted by atomic mass is 10.0. The molecule has 3 amide bonds. The Morgan fingerprint density at radius 3 is 2.56 bits per heavy atom. The first kappa shape index (κ1) is 26.7. The number of benzene rings is 1. The largest absolute Gasteiger partial charge is 0.335 e. The summed E-state index contributed by atoms with van der Waals surface area (Å²) in [5.74, 6) is -1.42. The molecule has 0 unspecified atom stereocenters. The summed E-state index contributed by atoms with van der Waals surface area (Å²) in [4.78, 5) is 35.5. The number of hydrogen-bond acceptors (Lipinski definition) is 6. The van der Waals surface area contributed by atoms with Crippen LogP contribution in [0.1, 0.15) is 41.7 Å². The molecule has 11 nitrogen and oxygen atoms in total. The van der Waals surface area contributed by atoms with Crippen LogP contribution < -0.4 is 10.6 Å². The van der Waals surface area contributed by atoms with Gasteiger partial charge in [-0.25, -0.2) is 23.7 Å². The molecule has 1 aromatic carbocycles. The molecule has 1 aliphatic heterocycles. The fraction of sp³-hybridized carbons (Fsp3) is 0.267. The van der Waals surface area contributed by atoms with E-state index in [4.69, 9.17) is 10.2 Å². The zero-order valence-electron chi connectivity index (χ0n) is 23.0. The summed E-state index contributed by atoms with van der Waals surface area (Å²) in [7, 11) is 0. The summed E-state index contributed by atoms with van der Waals surface area (Å²) in [5.41, 5.74) is 4.01. The molecule has 5 aromatic rings. The van der Waals surface area contributed by atoms with E-state index in [-0.39, 0.29) is 29.3 Å². The maximum absolute atomic E-state index is 13.8. The minimum atomic E-state index is -0.759. The van der Waals surface area contributed by atoms with Gasteiger partial charge < -0.3 is 15.5 Å². The highest BCUT2D eigenvalue weighted by Crippen LogP contribution is 2.36. The third-order valence-corrected chi connectivity index (χ3v) is 7.87. The number of carbonyl (C=O) groups is 2. The van der Waals surface area contributed by atoms with Crippen molar-refractivity contribution in [2.45, 2.75) is 44.8 Å². The molecule has 4 aromatic heterocycles. The van der Waals surface area contributed by atoms with Crippen LogP contribution in [0, 0.1) is 11.8 Å². The van der Waals surface area contributed by atoms with Crippen molar-refractivity contribution in [2.75, 3.05) is 11.9 Å². The Balaban J connectivity index is 1.23. The summed E-state index contributed by atoms with van der Waals surface area (Å²) in [6.07, 6.45) is 7.01. The molecule has 1 saturated carbocycles. The van der Waals surface area contributed by atoms with Crippen LogP contribution in [0.5, 0.6) is 0 Å². The Kier molecular flexibility index (Phi) is 6.76. The molecular weight excluding hydrogens is 556 g/mol. The van der Waals surface area contributed by atoms with Gasteiger partial charge in [-0.15, -0.1) is 0 Å². The highest BCUT2D eigenvalue weighted by Gasteiger charge is 2.30. The minimum Gasteiger partial charge on any atom is -0.335 e. The second kappa shape index (κ2) is 10.9. The van der Waals surface area contributed by atoms with Crippen LogP contribution in [0.2, 0.25) is 0 Å². The van der Waals surface area contributed by atoms with E-state index in [9.17, 15) is 18.4 Å². The number of pyridine rings is 1. The second-order valence-electron chi connectivity index (χ2n) is 10.7. The van der Waals surface area contributed by atoms with Gasteiger partial charge in [-0.1, -0.05) is 12.8 Å². The molecule has 0 spiro atoms. The van der Waals surface area contributed by atoms with E-state index < -0.39 is 11.9 Å². The molecule has 7 rings (SSSR count). The van der Waals surface area contributed by atoms with Crippen molar-refractivity contribution < 1.29 is 18.4 Å². The first-order valence-corrected chi connectivity index (χ1v) is 14.1. The molecule has 0 radical (unpaired) electrons. The lowest BCUT2D eigenvalue weighted by Crippen LogP contribution is -2.47. The Bertz CT molecular complexity index is 1840. The monoisotopic (exact) mass is 583 g/mol. The normalized spacial score (nSPS) is 15.1. The van der Waals surface area contributed by atoms with Gasteiger partial charge in [0.1, 0.15) is 11.5 Å². The first-order chi connectivity index (χ1) is 20.9. The third kappa shape index (κ3) is 5.29. The standard InChI is InChI=1S/C30H27F2N9O2/c31-20-7-5-18(6-8-20)28-27(23-16-39(13-14-40(23)38-28)30(43)34-21-3-1-2-4-21)22-9-10-26-35-25(17-41(26)37-22)36-29(42)19-11-12-33-24(32)15-19/h5-12,15,17,21H,1-4,13-14,16H2,(H,34,43)(H,36,42). The van der Waals surface area contributed by atoms with E-state index in [0.717, 1.165) is 43.0 Å². The van der Waals surface area contributed by atoms with Crippen LogP contribution in [0.3, 0.4) is 0 Å². The molecule has 218 valence electrons. The van der Waals surface area contributed by atoms with Crippen molar-refractivity contribution >= 4 is 23.4 Å². The van der Waals surface area contributed by atoms with Gasteiger partial charge in [0, 0.05) is 36.0 Å². The van der Waals surface area contributed by atoms with E-state index in [2.05, 4.69) is 20.6 Å². The molecular formula is C30H27F2N9O2. The Morgan fingerprint density at radius 2 is 1.77 bits per heavy atom. The van der Waals surface area contributed by atoms with Crippen LogP contribution in [0.4, 0.5) is 19.4 Å². The summed E-state index contributed by atoms with van der Waals surface area (Å²) >= 11 is 0. The predicted molar refractivity (Wildman–Crippen MR) is 153 cm³/mol. The second-order valence-corrected chi connectivity index (χ2v) is 10.7. The maximum atomic E-state index is 13.8. The van der Waals surface area contributed by atoms with Gasteiger partial charge >= 0.3 is 6.03 Å². The number of urea groups is 1. The molecule has 1 fully saturated rings. The quantitative estimate of drug-likeness (QED) is 0.291. The zero-order valence-corrected chi connectivity index (χ0v) is 23.0. The van der Waals surface area contributed by atoms with E-state index >= 15 is 0 Å². The van der Waals surface area contributed by atoms with Crippen LogP contribution in [-0.2, 0) is 13.1 Å². The third-order valence-electron chi connectivity index (χ3n) is 7.87. The van der Waals surface area contributed by atoms with Crippen LogP contribution in [0.15, 0.2) is 60.9 Å². The number of nitrogens with zero attached hydrogens (tertiary/aromatic N) is 7. The number of amides is 3. The van der Waals surface area contributed by atoms with E-state index in [1.54, 1.807) is 35.4 Å². The zero-order chi connectivity index (χ0) is 29.5. The highest BCUT2D eigenvalue weighted by atomic mass is 19.1. The molecule has 0 saturated heterocycles. The van der Waals surface area contributed by atoms with Crippen LogP contribution in [-0.4, -0.2) is 58.8 Å². The van der Waals surface area contributed by atoms with Gasteiger partial charge in [-0.3, -0.25) is 9.48 Å². The number of carbonyl (C=O) groups excluding carboxylic acids is 2. The molecule has 0 bridgehead atoms. The van der Waals surface area contributed by atoms with Gasteiger partial charge in [0.05, 0.1) is 36.2 Å². The van der Waals surface area contributed by atoms with E-state index in [1.165, 1.54) is 28.9 Å². The number of aromatic nitrogens is 6. The Morgan fingerprint density at radius 1 is 0.953 bits per heavy atom. The van der Waals surface area contributed by atoms with Crippen molar-refractivity contribution in [2.24, 2.45) is 0 Å². The topological polar surface area (TPSA) is 122 Å². The van der Waals surface area contributed by atoms with Gasteiger partial charge in [-0.05, 0) is 55.3 Å². The molecule has 2 aliphatic rings. The fourth-order valence-corrected chi connectivity index (χ4v) is 5.71. The lowest BCUT2D eigenvalue weighted by Gasteiger charge is -2.29.